The van der Waals surface area contributed by atoms with E-state index in [1.807, 2.05) is 17.2 Å². The fourth-order valence-corrected chi connectivity index (χ4v) is 2.37. The van der Waals surface area contributed by atoms with Crippen molar-refractivity contribution < 1.29 is 4.79 Å². The first-order chi connectivity index (χ1) is 8.24. The zero-order chi connectivity index (χ0) is 11.8. The molecule has 17 heavy (non-hydrogen) atoms. The highest BCUT2D eigenvalue weighted by Gasteiger charge is 2.27. The Kier molecular flexibility index (Phi) is 2.67. The number of hydrogen-bond acceptors (Lipinski definition) is 2. The summed E-state index contributed by atoms with van der Waals surface area (Å²) < 4.78 is 0. The molecule has 1 amide bonds. The molecule has 1 saturated carbocycles. The largest absolute Gasteiger partial charge is 0.357 e. The van der Waals surface area contributed by atoms with Gasteiger partial charge in [0.15, 0.2) is 0 Å². The van der Waals surface area contributed by atoms with Crippen LogP contribution in [0.4, 0.5) is 0 Å². The summed E-state index contributed by atoms with van der Waals surface area (Å²) in [4.78, 5) is 19.6. The van der Waals surface area contributed by atoms with E-state index in [2.05, 4.69) is 16.9 Å². The van der Waals surface area contributed by atoms with Gasteiger partial charge in [0.2, 0.25) is 0 Å². The Morgan fingerprint density at radius 2 is 2.00 bits per heavy atom. The summed E-state index contributed by atoms with van der Waals surface area (Å²) >= 11 is 0. The van der Waals surface area contributed by atoms with Gasteiger partial charge < -0.3 is 14.8 Å². The highest BCUT2D eigenvalue weighted by molar-refractivity contribution is 5.92. The summed E-state index contributed by atoms with van der Waals surface area (Å²) in [6.07, 6.45) is 4.56. The first kappa shape index (κ1) is 10.8. The SMILES string of the molecule is CN1CCN(C(=O)c2cc(C3CC3)c[nH]2)CC1. The summed E-state index contributed by atoms with van der Waals surface area (Å²) in [5.74, 6) is 0.866. The molecule has 0 radical (unpaired) electrons. The molecule has 92 valence electrons. The number of nitrogens with zero attached hydrogens (tertiary/aromatic N) is 2. The molecular formula is C13H19N3O. The molecule has 2 heterocycles. The summed E-state index contributed by atoms with van der Waals surface area (Å²) in [6.45, 7) is 3.63. The molecular weight excluding hydrogens is 214 g/mol. The van der Waals surface area contributed by atoms with Gasteiger partial charge in [0.1, 0.15) is 5.69 Å². The monoisotopic (exact) mass is 233 g/mol. The second kappa shape index (κ2) is 4.18. The Morgan fingerprint density at radius 3 is 2.65 bits per heavy atom. The smallest absolute Gasteiger partial charge is 0.270 e. The molecule has 4 nitrogen and oxygen atoms in total. The van der Waals surface area contributed by atoms with Gasteiger partial charge in [0, 0.05) is 32.4 Å². The average Bonchev–Trinajstić information content (AvgIpc) is 3.07. The van der Waals surface area contributed by atoms with Crippen molar-refractivity contribution in [2.75, 3.05) is 33.2 Å². The molecule has 3 rings (SSSR count). The molecule has 1 N–H and O–H groups in total. The van der Waals surface area contributed by atoms with Gasteiger partial charge in [0.25, 0.3) is 5.91 Å². The van der Waals surface area contributed by atoms with Crippen molar-refractivity contribution in [2.24, 2.45) is 0 Å². The lowest BCUT2D eigenvalue weighted by Crippen LogP contribution is -2.47. The standard InChI is InChI=1S/C13H19N3O/c1-15-4-6-16(7-5-15)13(17)12-8-11(9-14-12)10-2-3-10/h8-10,14H,2-7H2,1H3. The maximum atomic E-state index is 12.2. The molecule has 1 aromatic rings. The Morgan fingerprint density at radius 1 is 1.29 bits per heavy atom. The normalized spacial score (nSPS) is 21.8. The third-order valence-corrected chi connectivity index (χ3v) is 3.77. The molecule has 1 aromatic heterocycles. The number of aromatic nitrogens is 1. The molecule has 2 aliphatic rings. The minimum atomic E-state index is 0.157. The van der Waals surface area contributed by atoms with E-state index in [0.29, 0.717) is 5.92 Å². The molecule has 0 atom stereocenters. The van der Waals surface area contributed by atoms with Crippen molar-refractivity contribution in [1.29, 1.82) is 0 Å². The number of hydrogen-bond donors (Lipinski definition) is 1. The Labute approximate surface area is 102 Å². The Balaban J connectivity index is 1.67. The molecule has 0 bridgehead atoms. The quantitative estimate of drug-likeness (QED) is 0.836. The van der Waals surface area contributed by atoms with Gasteiger partial charge in [-0.15, -0.1) is 0 Å². The minimum absolute atomic E-state index is 0.157. The van der Waals surface area contributed by atoms with Gasteiger partial charge in [-0.3, -0.25) is 4.79 Å². The maximum absolute atomic E-state index is 12.2. The van der Waals surface area contributed by atoms with Crippen LogP contribution in [0.5, 0.6) is 0 Å². The van der Waals surface area contributed by atoms with E-state index >= 15 is 0 Å². The van der Waals surface area contributed by atoms with Crippen LogP contribution in [0.15, 0.2) is 12.3 Å². The number of aromatic amines is 1. The number of amides is 1. The van der Waals surface area contributed by atoms with Crippen LogP contribution < -0.4 is 0 Å². The highest BCUT2D eigenvalue weighted by atomic mass is 16.2. The van der Waals surface area contributed by atoms with Crippen LogP contribution in [0.3, 0.4) is 0 Å². The summed E-state index contributed by atoms with van der Waals surface area (Å²) in [5, 5.41) is 0. The highest BCUT2D eigenvalue weighted by Crippen LogP contribution is 2.40. The third kappa shape index (κ3) is 2.22. The van der Waals surface area contributed by atoms with E-state index in [1.54, 1.807) is 0 Å². The van der Waals surface area contributed by atoms with Crippen LogP contribution >= 0.6 is 0 Å². The number of piperazine rings is 1. The lowest BCUT2D eigenvalue weighted by Gasteiger charge is -2.32. The van der Waals surface area contributed by atoms with Crippen molar-refractivity contribution in [3.63, 3.8) is 0 Å². The Bertz CT molecular complexity index is 414. The topological polar surface area (TPSA) is 39.3 Å². The maximum Gasteiger partial charge on any atom is 0.270 e. The van der Waals surface area contributed by atoms with Crippen molar-refractivity contribution in [2.45, 2.75) is 18.8 Å². The number of H-pyrrole nitrogens is 1. The average molecular weight is 233 g/mol. The fraction of sp³-hybridized carbons (Fsp3) is 0.615. The van der Waals surface area contributed by atoms with E-state index in [0.717, 1.165) is 31.9 Å². The summed E-state index contributed by atoms with van der Waals surface area (Å²) in [7, 11) is 2.10. The van der Waals surface area contributed by atoms with Crippen LogP contribution in [-0.2, 0) is 0 Å². The first-order valence-electron chi connectivity index (χ1n) is 6.40. The number of likely N-dealkylation sites (N-methyl/N-ethyl adjacent to an activating group) is 1. The van der Waals surface area contributed by atoms with Gasteiger partial charge in [-0.05, 0) is 37.4 Å². The molecule has 1 aliphatic carbocycles. The molecule has 0 unspecified atom stereocenters. The minimum Gasteiger partial charge on any atom is -0.357 e. The van der Waals surface area contributed by atoms with Gasteiger partial charge in [-0.1, -0.05) is 0 Å². The molecule has 0 spiro atoms. The van der Waals surface area contributed by atoms with Crippen LogP contribution in [0, 0.1) is 0 Å². The van der Waals surface area contributed by atoms with Crippen molar-refractivity contribution in [1.82, 2.24) is 14.8 Å². The van der Waals surface area contributed by atoms with E-state index in [1.165, 1.54) is 18.4 Å². The zero-order valence-electron chi connectivity index (χ0n) is 10.3. The van der Waals surface area contributed by atoms with Gasteiger partial charge in [-0.2, -0.15) is 0 Å². The van der Waals surface area contributed by atoms with Crippen molar-refractivity contribution in [3.8, 4) is 0 Å². The molecule has 2 fully saturated rings. The van der Waals surface area contributed by atoms with E-state index in [-0.39, 0.29) is 5.91 Å². The summed E-state index contributed by atoms with van der Waals surface area (Å²) in [6, 6.07) is 2.04. The molecule has 1 aliphatic heterocycles. The molecule has 4 heteroatoms. The van der Waals surface area contributed by atoms with Gasteiger partial charge in [-0.25, -0.2) is 0 Å². The first-order valence-corrected chi connectivity index (χ1v) is 6.40. The number of carbonyl (C=O) groups is 1. The van der Waals surface area contributed by atoms with Gasteiger partial charge >= 0.3 is 0 Å². The van der Waals surface area contributed by atoms with Gasteiger partial charge in [0.05, 0.1) is 0 Å². The second-order valence-electron chi connectivity index (χ2n) is 5.22. The number of rotatable bonds is 2. The predicted molar refractivity (Wildman–Crippen MR) is 66.2 cm³/mol. The number of nitrogens with one attached hydrogen (secondary N) is 1. The van der Waals surface area contributed by atoms with Crippen molar-refractivity contribution in [3.05, 3.63) is 23.5 Å². The molecule has 0 aromatic carbocycles. The molecule has 1 saturated heterocycles. The zero-order valence-corrected chi connectivity index (χ0v) is 10.3. The van der Waals surface area contributed by atoms with E-state index in [4.69, 9.17) is 0 Å². The second-order valence-corrected chi connectivity index (χ2v) is 5.22. The van der Waals surface area contributed by atoms with Crippen LogP contribution in [0.25, 0.3) is 0 Å². The predicted octanol–water partition coefficient (Wildman–Crippen LogP) is 1.28. The van der Waals surface area contributed by atoms with Crippen LogP contribution in [0.1, 0.15) is 34.8 Å². The van der Waals surface area contributed by atoms with E-state index < -0.39 is 0 Å². The number of carbonyl (C=O) groups excluding carboxylic acids is 1. The van der Waals surface area contributed by atoms with Crippen molar-refractivity contribution >= 4 is 5.91 Å². The van der Waals surface area contributed by atoms with Crippen LogP contribution in [0.2, 0.25) is 0 Å². The fourth-order valence-electron chi connectivity index (χ4n) is 2.37. The summed E-state index contributed by atoms with van der Waals surface area (Å²) in [5.41, 5.74) is 2.07. The lowest BCUT2D eigenvalue weighted by molar-refractivity contribution is 0.0659. The Hall–Kier alpha value is -1.29. The third-order valence-electron chi connectivity index (χ3n) is 3.77. The lowest BCUT2D eigenvalue weighted by atomic mass is 10.2. The van der Waals surface area contributed by atoms with E-state index in [9.17, 15) is 4.79 Å². The van der Waals surface area contributed by atoms with Crippen LogP contribution in [-0.4, -0.2) is 53.9 Å².